The van der Waals surface area contributed by atoms with Crippen molar-refractivity contribution in [2.24, 2.45) is 0 Å². The summed E-state index contributed by atoms with van der Waals surface area (Å²) in [7, 11) is 0. The number of halogens is 2. The van der Waals surface area contributed by atoms with Crippen molar-refractivity contribution in [2.75, 3.05) is 11.9 Å². The van der Waals surface area contributed by atoms with E-state index in [2.05, 4.69) is 5.32 Å². The number of ether oxygens (including phenoxy) is 2. The summed E-state index contributed by atoms with van der Waals surface area (Å²) in [6, 6.07) is 20.3. The van der Waals surface area contributed by atoms with E-state index in [0.29, 0.717) is 35.4 Å². The molecule has 0 fully saturated rings. The van der Waals surface area contributed by atoms with Gasteiger partial charge < -0.3 is 14.8 Å². The molecular weight excluding hydrogens is 409 g/mol. The Balaban J connectivity index is 1.62. The largest absolute Gasteiger partial charge is 0.488 e. The zero-order valence-electron chi connectivity index (χ0n) is 16.0. The van der Waals surface area contributed by atoms with Crippen molar-refractivity contribution in [1.82, 2.24) is 0 Å². The van der Waals surface area contributed by atoms with Crippen LogP contribution in [-0.4, -0.2) is 12.6 Å². The van der Waals surface area contributed by atoms with E-state index in [4.69, 9.17) is 32.7 Å². The second-order valence-corrected chi connectivity index (χ2v) is 7.13. The summed E-state index contributed by atoms with van der Waals surface area (Å²) < 4.78 is 11.0. The summed E-state index contributed by atoms with van der Waals surface area (Å²) in [5.41, 5.74) is 3.30. The Kier molecular flexibility index (Phi) is 7.39. The van der Waals surface area contributed by atoms with Gasteiger partial charge in [-0.2, -0.15) is 0 Å². The van der Waals surface area contributed by atoms with Gasteiger partial charge in [0, 0.05) is 33.4 Å². The highest BCUT2D eigenvalue weighted by molar-refractivity contribution is 6.35. The molecule has 0 amide bonds. The highest BCUT2D eigenvalue weighted by Crippen LogP contribution is 2.25. The van der Waals surface area contributed by atoms with Gasteiger partial charge in [-0.1, -0.05) is 47.5 Å². The van der Waals surface area contributed by atoms with E-state index in [0.717, 1.165) is 22.6 Å². The zero-order chi connectivity index (χ0) is 20.6. The summed E-state index contributed by atoms with van der Waals surface area (Å²) in [4.78, 5) is 11.7. The minimum Gasteiger partial charge on any atom is -0.488 e. The second kappa shape index (κ2) is 10.2. The van der Waals surface area contributed by atoms with E-state index in [9.17, 15) is 4.79 Å². The monoisotopic (exact) mass is 429 g/mol. The van der Waals surface area contributed by atoms with Crippen LogP contribution in [0.1, 0.15) is 28.4 Å². The first kappa shape index (κ1) is 21.0. The Hall–Kier alpha value is -2.69. The van der Waals surface area contributed by atoms with Crippen molar-refractivity contribution in [1.29, 1.82) is 0 Å². The van der Waals surface area contributed by atoms with Crippen molar-refractivity contribution in [3.8, 4) is 5.75 Å². The summed E-state index contributed by atoms with van der Waals surface area (Å²) in [6.07, 6.45) is 0. The van der Waals surface area contributed by atoms with E-state index in [1.807, 2.05) is 42.5 Å². The lowest BCUT2D eigenvalue weighted by Gasteiger charge is -2.14. The number of carbonyl (C=O) groups is 1. The average molecular weight is 430 g/mol. The first-order valence-corrected chi connectivity index (χ1v) is 9.98. The molecule has 6 heteroatoms. The van der Waals surface area contributed by atoms with Crippen LogP contribution in [0.4, 0.5) is 5.69 Å². The van der Waals surface area contributed by atoms with Crippen LogP contribution in [0.3, 0.4) is 0 Å². The van der Waals surface area contributed by atoms with Gasteiger partial charge in [0.2, 0.25) is 0 Å². The number of anilines is 1. The predicted molar refractivity (Wildman–Crippen MR) is 117 cm³/mol. The molecule has 0 aliphatic heterocycles. The fourth-order valence-electron chi connectivity index (χ4n) is 2.72. The number of para-hydroxylation sites is 1. The maximum absolute atomic E-state index is 11.7. The molecule has 0 aliphatic carbocycles. The quantitative estimate of drug-likeness (QED) is 0.423. The van der Waals surface area contributed by atoms with Crippen LogP contribution in [-0.2, 0) is 17.9 Å². The number of esters is 1. The molecule has 150 valence electrons. The van der Waals surface area contributed by atoms with E-state index < -0.39 is 0 Å². The van der Waals surface area contributed by atoms with Crippen LogP contribution in [0, 0.1) is 0 Å². The minimum absolute atomic E-state index is 0.321. The topological polar surface area (TPSA) is 47.6 Å². The minimum atomic E-state index is -0.321. The smallest absolute Gasteiger partial charge is 0.338 e. The van der Waals surface area contributed by atoms with Crippen LogP contribution >= 0.6 is 23.2 Å². The van der Waals surface area contributed by atoms with E-state index in [-0.39, 0.29) is 5.97 Å². The molecule has 0 aliphatic rings. The lowest BCUT2D eigenvalue weighted by atomic mass is 10.1. The molecule has 0 bridgehead atoms. The molecule has 0 aromatic heterocycles. The van der Waals surface area contributed by atoms with Gasteiger partial charge in [-0.15, -0.1) is 0 Å². The van der Waals surface area contributed by atoms with Crippen molar-refractivity contribution in [2.45, 2.75) is 20.1 Å². The van der Waals surface area contributed by atoms with Crippen molar-refractivity contribution >= 4 is 34.9 Å². The third-order valence-corrected chi connectivity index (χ3v) is 4.84. The van der Waals surface area contributed by atoms with Gasteiger partial charge in [0.15, 0.2) is 0 Å². The van der Waals surface area contributed by atoms with Crippen LogP contribution in [0.5, 0.6) is 5.75 Å². The van der Waals surface area contributed by atoms with E-state index in [1.165, 1.54) is 0 Å². The second-order valence-electron chi connectivity index (χ2n) is 6.28. The van der Waals surface area contributed by atoms with E-state index in [1.54, 1.807) is 31.2 Å². The zero-order valence-corrected chi connectivity index (χ0v) is 17.5. The van der Waals surface area contributed by atoms with E-state index >= 15 is 0 Å². The molecule has 3 rings (SSSR count). The highest BCUT2D eigenvalue weighted by atomic mass is 35.5. The van der Waals surface area contributed by atoms with Gasteiger partial charge in [0.1, 0.15) is 12.4 Å². The van der Waals surface area contributed by atoms with Gasteiger partial charge in [-0.05, 0) is 49.4 Å². The Morgan fingerprint density at radius 1 is 0.966 bits per heavy atom. The number of nitrogens with one attached hydrogen (secondary N) is 1. The molecule has 4 nitrogen and oxygen atoms in total. The lowest BCUT2D eigenvalue weighted by Crippen LogP contribution is -2.06. The standard InChI is InChI=1S/C23H21Cl2NO3/c1-2-28-23(27)16-8-11-20(12-9-16)26-14-17-5-3-4-6-22(17)29-15-18-7-10-19(24)13-21(18)25/h3-13,26H,2,14-15H2,1H3. The number of benzene rings is 3. The van der Waals surface area contributed by atoms with Crippen LogP contribution in [0.25, 0.3) is 0 Å². The van der Waals surface area contributed by atoms with Crippen molar-refractivity contribution in [3.05, 3.63) is 93.5 Å². The number of rotatable bonds is 8. The number of hydrogen-bond donors (Lipinski definition) is 1. The first-order valence-electron chi connectivity index (χ1n) is 9.22. The van der Waals surface area contributed by atoms with Gasteiger partial charge in [0.05, 0.1) is 12.2 Å². The SMILES string of the molecule is CCOC(=O)c1ccc(NCc2ccccc2OCc2ccc(Cl)cc2Cl)cc1. The molecule has 29 heavy (non-hydrogen) atoms. The molecule has 0 radical (unpaired) electrons. The molecule has 0 heterocycles. The molecule has 0 atom stereocenters. The molecule has 1 N–H and O–H groups in total. The normalized spacial score (nSPS) is 10.4. The van der Waals surface area contributed by atoms with Gasteiger partial charge in [0.25, 0.3) is 0 Å². The van der Waals surface area contributed by atoms with Gasteiger partial charge in [-0.25, -0.2) is 4.79 Å². The molecule has 3 aromatic carbocycles. The molecule has 0 spiro atoms. The highest BCUT2D eigenvalue weighted by Gasteiger charge is 2.08. The summed E-state index contributed by atoms with van der Waals surface area (Å²) in [6.45, 7) is 3.07. The maximum Gasteiger partial charge on any atom is 0.338 e. The Morgan fingerprint density at radius 3 is 2.45 bits per heavy atom. The third kappa shape index (κ3) is 5.89. The van der Waals surface area contributed by atoms with Gasteiger partial charge >= 0.3 is 5.97 Å². The van der Waals surface area contributed by atoms with Crippen LogP contribution < -0.4 is 10.1 Å². The number of hydrogen-bond acceptors (Lipinski definition) is 4. The molecular formula is C23H21Cl2NO3. The Labute approximate surface area is 180 Å². The molecule has 0 saturated carbocycles. The van der Waals surface area contributed by atoms with Crippen LogP contribution in [0.15, 0.2) is 66.7 Å². The average Bonchev–Trinajstić information content (AvgIpc) is 2.73. The first-order chi connectivity index (χ1) is 14.1. The number of carbonyl (C=O) groups excluding carboxylic acids is 1. The lowest BCUT2D eigenvalue weighted by molar-refractivity contribution is 0.0526. The molecule has 0 unspecified atom stereocenters. The fourth-order valence-corrected chi connectivity index (χ4v) is 3.18. The van der Waals surface area contributed by atoms with Crippen molar-refractivity contribution in [3.63, 3.8) is 0 Å². The molecule has 0 saturated heterocycles. The molecule has 3 aromatic rings. The Bertz CT molecular complexity index is 974. The fraction of sp³-hybridized carbons (Fsp3) is 0.174. The summed E-state index contributed by atoms with van der Waals surface area (Å²) >= 11 is 12.2. The third-order valence-electron chi connectivity index (χ3n) is 4.25. The predicted octanol–water partition coefficient (Wildman–Crippen LogP) is 6.36. The Morgan fingerprint density at radius 2 is 1.72 bits per heavy atom. The summed E-state index contributed by atoms with van der Waals surface area (Å²) in [5.74, 6) is 0.452. The van der Waals surface area contributed by atoms with Crippen molar-refractivity contribution < 1.29 is 14.3 Å². The summed E-state index contributed by atoms with van der Waals surface area (Å²) in [5, 5.41) is 4.51. The van der Waals surface area contributed by atoms with Crippen LogP contribution in [0.2, 0.25) is 10.0 Å². The maximum atomic E-state index is 11.7. The van der Waals surface area contributed by atoms with Gasteiger partial charge in [-0.3, -0.25) is 0 Å².